The molecule has 1 atom stereocenters. The Balaban J connectivity index is 2.01. The zero-order valence-corrected chi connectivity index (χ0v) is 11.9. The number of Topliss-reactive ketones (excluding diaryl/α,β-unsaturated/α-hetero) is 1. The zero-order chi connectivity index (χ0) is 15.7. The predicted octanol–water partition coefficient (Wildman–Crippen LogP) is 4.06. The number of nitrogens with zero attached hydrogens (tertiary/aromatic N) is 2. The molecule has 2 aromatic carbocycles. The first-order valence-corrected chi connectivity index (χ1v) is 7.16. The van der Waals surface area contributed by atoms with Crippen molar-refractivity contribution in [2.24, 2.45) is 0 Å². The normalized spacial score (nSPS) is 12.0. The van der Waals surface area contributed by atoms with Gasteiger partial charge in [-0.05, 0) is 30.3 Å². The number of hydrogen-bond donors (Lipinski definition) is 0. The van der Waals surface area contributed by atoms with Crippen LogP contribution in [0.15, 0.2) is 42.5 Å². The summed E-state index contributed by atoms with van der Waals surface area (Å²) < 4.78 is 27.1. The van der Waals surface area contributed by atoms with Gasteiger partial charge in [-0.3, -0.25) is 4.79 Å². The average molecular weight is 314 g/mol. The molecule has 1 heterocycles. The first kappa shape index (κ1) is 14.3. The smallest absolute Gasteiger partial charge is 0.187 e. The number of fused-ring (bicyclic) bond motifs is 1. The van der Waals surface area contributed by atoms with Crippen molar-refractivity contribution in [1.82, 2.24) is 4.98 Å². The van der Waals surface area contributed by atoms with Crippen LogP contribution in [-0.2, 0) is 0 Å². The molecule has 0 aliphatic rings. The summed E-state index contributed by atoms with van der Waals surface area (Å²) in [5, 5.41) is 9.63. The van der Waals surface area contributed by atoms with E-state index in [0.29, 0.717) is 10.5 Å². The number of thiazole rings is 1. The third kappa shape index (κ3) is 2.47. The molecule has 3 rings (SSSR count). The highest BCUT2D eigenvalue weighted by Crippen LogP contribution is 2.29. The van der Waals surface area contributed by atoms with Crippen molar-refractivity contribution in [3.63, 3.8) is 0 Å². The number of halogens is 2. The van der Waals surface area contributed by atoms with Crippen LogP contribution in [0.5, 0.6) is 0 Å². The van der Waals surface area contributed by atoms with Crippen LogP contribution in [0.4, 0.5) is 8.78 Å². The van der Waals surface area contributed by atoms with Crippen molar-refractivity contribution in [1.29, 1.82) is 5.26 Å². The van der Waals surface area contributed by atoms with Crippen molar-refractivity contribution in [2.45, 2.75) is 5.92 Å². The maximum absolute atomic E-state index is 13.3. The molecular formula is C16H8F2N2OS. The van der Waals surface area contributed by atoms with Crippen molar-refractivity contribution in [3.8, 4) is 6.07 Å². The topological polar surface area (TPSA) is 53.8 Å². The van der Waals surface area contributed by atoms with Crippen LogP contribution in [0.3, 0.4) is 0 Å². The Labute approximate surface area is 128 Å². The summed E-state index contributed by atoms with van der Waals surface area (Å²) in [4.78, 5) is 16.6. The zero-order valence-electron chi connectivity index (χ0n) is 11.1. The number of benzene rings is 2. The lowest BCUT2D eigenvalue weighted by molar-refractivity contribution is 0.0978. The predicted molar refractivity (Wildman–Crippen MR) is 78.7 cm³/mol. The molecule has 1 unspecified atom stereocenters. The summed E-state index contributed by atoms with van der Waals surface area (Å²) in [6.45, 7) is 0. The van der Waals surface area contributed by atoms with E-state index in [0.717, 1.165) is 16.8 Å². The number of para-hydroxylation sites is 1. The quantitative estimate of drug-likeness (QED) is 0.685. The van der Waals surface area contributed by atoms with Crippen molar-refractivity contribution in [3.05, 3.63) is 64.7 Å². The van der Waals surface area contributed by atoms with E-state index in [1.54, 1.807) is 6.07 Å². The Kier molecular flexibility index (Phi) is 3.65. The van der Waals surface area contributed by atoms with E-state index in [-0.39, 0.29) is 5.56 Å². The molecule has 0 saturated heterocycles. The third-order valence-electron chi connectivity index (χ3n) is 3.15. The minimum atomic E-state index is -1.14. The molecule has 0 radical (unpaired) electrons. The standard InChI is InChI=1S/C16H8F2N2OS/c17-11-6-5-9(7-12(11)18)15(21)10(8-19)16-20-13-3-1-2-4-14(13)22-16/h1-7,10H. The molecule has 3 nitrogen and oxygen atoms in total. The molecule has 0 spiro atoms. The minimum Gasteiger partial charge on any atom is -0.292 e. The summed E-state index contributed by atoms with van der Waals surface area (Å²) in [6.07, 6.45) is 0. The Morgan fingerprint density at radius 3 is 2.64 bits per heavy atom. The van der Waals surface area contributed by atoms with Crippen LogP contribution in [0, 0.1) is 23.0 Å². The van der Waals surface area contributed by atoms with Crippen LogP contribution in [0.1, 0.15) is 21.3 Å². The Bertz CT molecular complexity index is 881. The Morgan fingerprint density at radius 1 is 1.18 bits per heavy atom. The van der Waals surface area contributed by atoms with Gasteiger partial charge in [0.25, 0.3) is 0 Å². The fourth-order valence-electron chi connectivity index (χ4n) is 2.06. The summed E-state index contributed by atoms with van der Waals surface area (Å²) in [6, 6.07) is 12.0. The van der Waals surface area contributed by atoms with Gasteiger partial charge >= 0.3 is 0 Å². The molecule has 0 N–H and O–H groups in total. The molecular weight excluding hydrogens is 306 g/mol. The highest BCUT2D eigenvalue weighted by Gasteiger charge is 2.26. The first-order chi connectivity index (χ1) is 10.6. The van der Waals surface area contributed by atoms with Crippen LogP contribution < -0.4 is 0 Å². The summed E-state index contributed by atoms with van der Waals surface area (Å²) >= 11 is 1.24. The number of nitriles is 1. The van der Waals surface area contributed by atoms with Crippen LogP contribution >= 0.6 is 11.3 Å². The lowest BCUT2D eigenvalue weighted by Crippen LogP contribution is -2.11. The molecule has 22 heavy (non-hydrogen) atoms. The molecule has 0 bridgehead atoms. The van der Waals surface area contributed by atoms with Gasteiger partial charge in [-0.25, -0.2) is 13.8 Å². The van der Waals surface area contributed by atoms with Gasteiger partial charge in [0.1, 0.15) is 5.01 Å². The third-order valence-corrected chi connectivity index (χ3v) is 4.25. The monoisotopic (exact) mass is 314 g/mol. The van der Waals surface area contributed by atoms with E-state index in [4.69, 9.17) is 0 Å². The molecule has 1 aromatic heterocycles. The molecule has 3 aromatic rings. The van der Waals surface area contributed by atoms with Crippen molar-refractivity contribution in [2.75, 3.05) is 0 Å². The lowest BCUT2D eigenvalue weighted by Gasteiger charge is -2.05. The van der Waals surface area contributed by atoms with E-state index in [1.807, 2.05) is 24.3 Å². The van der Waals surface area contributed by atoms with Crippen LogP contribution in [0.25, 0.3) is 10.2 Å². The molecule has 0 aliphatic carbocycles. The van der Waals surface area contributed by atoms with Gasteiger partial charge in [-0.2, -0.15) is 5.26 Å². The second-order valence-electron chi connectivity index (χ2n) is 4.58. The van der Waals surface area contributed by atoms with Gasteiger partial charge < -0.3 is 0 Å². The Hall–Kier alpha value is -2.65. The molecule has 108 valence electrons. The van der Waals surface area contributed by atoms with Gasteiger partial charge in [0.2, 0.25) is 0 Å². The molecule has 0 fully saturated rings. The largest absolute Gasteiger partial charge is 0.292 e. The lowest BCUT2D eigenvalue weighted by atomic mass is 9.99. The number of carbonyl (C=O) groups is 1. The highest BCUT2D eigenvalue weighted by atomic mass is 32.1. The van der Waals surface area contributed by atoms with Gasteiger partial charge in [-0.15, -0.1) is 11.3 Å². The number of aromatic nitrogens is 1. The van der Waals surface area contributed by atoms with Gasteiger partial charge in [-0.1, -0.05) is 12.1 Å². The van der Waals surface area contributed by atoms with Crippen LogP contribution in [0.2, 0.25) is 0 Å². The van der Waals surface area contributed by atoms with E-state index < -0.39 is 23.3 Å². The first-order valence-electron chi connectivity index (χ1n) is 6.34. The van der Waals surface area contributed by atoms with E-state index in [2.05, 4.69) is 4.98 Å². The summed E-state index contributed by atoms with van der Waals surface area (Å²) in [5.41, 5.74) is 0.644. The van der Waals surface area contributed by atoms with Gasteiger partial charge in [0, 0.05) is 5.56 Å². The maximum Gasteiger partial charge on any atom is 0.187 e. The van der Waals surface area contributed by atoms with Crippen molar-refractivity contribution >= 4 is 27.3 Å². The summed E-state index contributed by atoms with van der Waals surface area (Å²) in [5.74, 6) is -3.89. The van der Waals surface area contributed by atoms with E-state index in [1.165, 1.54) is 17.4 Å². The van der Waals surface area contributed by atoms with E-state index in [9.17, 15) is 18.8 Å². The fraction of sp³-hybridized carbons (Fsp3) is 0.0625. The number of carbonyl (C=O) groups excluding carboxylic acids is 1. The average Bonchev–Trinajstić information content (AvgIpc) is 2.94. The van der Waals surface area contributed by atoms with Gasteiger partial charge in [0.05, 0.1) is 16.3 Å². The van der Waals surface area contributed by atoms with E-state index >= 15 is 0 Å². The summed E-state index contributed by atoms with van der Waals surface area (Å²) in [7, 11) is 0. The molecule has 6 heteroatoms. The number of rotatable bonds is 3. The Morgan fingerprint density at radius 2 is 1.95 bits per heavy atom. The SMILES string of the molecule is N#CC(C(=O)c1ccc(F)c(F)c1)c1nc2ccccc2s1. The minimum absolute atomic E-state index is 0.0512. The van der Waals surface area contributed by atoms with Crippen molar-refractivity contribution < 1.29 is 13.6 Å². The van der Waals surface area contributed by atoms with Crippen LogP contribution in [-0.4, -0.2) is 10.8 Å². The second-order valence-corrected chi connectivity index (χ2v) is 5.64. The molecule has 0 aliphatic heterocycles. The molecule has 0 amide bonds. The maximum atomic E-state index is 13.3. The van der Waals surface area contributed by atoms with Gasteiger partial charge in [0.15, 0.2) is 23.3 Å². The highest BCUT2D eigenvalue weighted by molar-refractivity contribution is 7.18. The number of ketones is 1. The molecule has 0 saturated carbocycles. The second kappa shape index (κ2) is 5.62. The fourth-order valence-corrected chi connectivity index (χ4v) is 3.07. The number of hydrogen-bond acceptors (Lipinski definition) is 4.